The summed E-state index contributed by atoms with van der Waals surface area (Å²) in [5.41, 5.74) is 2.62. The van der Waals surface area contributed by atoms with Gasteiger partial charge in [-0.25, -0.2) is 0 Å². The molecule has 2 fully saturated rings. The first-order valence-electron chi connectivity index (χ1n) is 9.92. The normalized spacial score (nSPS) is 27.9. The van der Waals surface area contributed by atoms with Gasteiger partial charge in [-0.1, -0.05) is 24.3 Å². The van der Waals surface area contributed by atoms with Crippen LogP contribution >= 0.6 is 0 Å². The fraction of sp³-hybridized carbons (Fsp3) is 0.619. The number of carbonyl (C=O) groups is 2. The Balaban J connectivity index is 1.28. The van der Waals surface area contributed by atoms with Crippen molar-refractivity contribution in [1.29, 1.82) is 0 Å². The van der Waals surface area contributed by atoms with Gasteiger partial charge >= 0.3 is 0 Å². The van der Waals surface area contributed by atoms with Crippen LogP contribution in [0, 0.1) is 5.92 Å². The number of amides is 2. The van der Waals surface area contributed by atoms with Crippen LogP contribution in [0.25, 0.3) is 0 Å². The molecule has 3 atom stereocenters. The largest absolute Gasteiger partial charge is 0.375 e. The minimum Gasteiger partial charge on any atom is -0.375 e. The van der Waals surface area contributed by atoms with Gasteiger partial charge < -0.3 is 15.0 Å². The molecule has 0 saturated carbocycles. The molecule has 146 valence electrons. The van der Waals surface area contributed by atoms with Gasteiger partial charge in [0.05, 0.1) is 19.1 Å². The summed E-state index contributed by atoms with van der Waals surface area (Å²) in [7, 11) is 3.55. The van der Waals surface area contributed by atoms with Gasteiger partial charge in [-0.3, -0.25) is 14.5 Å². The molecule has 0 bridgehead atoms. The summed E-state index contributed by atoms with van der Waals surface area (Å²) in [6.07, 6.45) is 3.00. The standard InChI is InChI=1S/C21H29N3O3/c1-23(2)20(25)10-19-12-24-11-17(9-18(24)13-27-19)22-21(26)16-7-14-5-3-4-6-15(14)8-16/h3-6,16-19H,7-13H2,1-2H3,(H,22,26)/t17-,18+,19+/m1/s1. The van der Waals surface area contributed by atoms with E-state index in [9.17, 15) is 9.59 Å². The minimum atomic E-state index is -0.0464. The lowest BCUT2D eigenvalue weighted by molar-refractivity contribution is -0.134. The van der Waals surface area contributed by atoms with E-state index in [1.807, 2.05) is 12.1 Å². The van der Waals surface area contributed by atoms with E-state index in [0.717, 1.165) is 32.4 Å². The first kappa shape index (κ1) is 18.4. The Morgan fingerprint density at radius 1 is 1.19 bits per heavy atom. The Hall–Kier alpha value is -1.92. The van der Waals surface area contributed by atoms with Crippen LogP contribution in [-0.4, -0.2) is 73.6 Å². The third kappa shape index (κ3) is 4.01. The zero-order chi connectivity index (χ0) is 19.0. The van der Waals surface area contributed by atoms with Crippen LogP contribution in [0.2, 0.25) is 0 Å². The predicted octanol–water partition coefficient (Wildman–Crippen LogP) is 0.838. The number of hydrogen-bond acceptors (Lipinski definition) is 4. The summed E-state index contributed by atoms with van der Waals surface area (Å²) >= 11 is 0. The average molecular weight is 371 g/mol. The monoisotopic (exact) mass is 371 g/mol. The van der Waals surface area contributed by atoms with Gasteiger partial charge in [0.25, 0.3) is 0 Å². The van der Waals surface area contributed by atoms with E-state index in [0.29, 0.717) is 19.1 Å². The fourth-order valence-electron chi connectivity index (χ4n) is 4.61. The van der Waals surface area contributed by atoms with Crippen molar-refractivity contribution in [3.8, 4) is 0 Å². The van der Waals surface area contributed by atoms with Crippen LogP contribution in [0.15, 0.2) is 24.3 Å². The lowest BCUT2D eigenvalue weighted by atomic mass is 10.0. The van der Waals surface area contributed by atoms with Crippen LogP contribution in [0.3, 0.4) is 0 Å². The molecular weight excluding hydrogens is 342 g/mol. The van der Waals surface area contributed by atoms with Gasteiger partial charge in [0.2, 0.25) is 11.8 Å². The average Bonchev–Trinajstić information content (AvgIpc) is 3.24. The smallest absolute Gasteiger partial charge is 0.224 e. The Labute approximate surface area is 160 Å². The van der Waals surface area contributed by atoms with Crippen LogP contribution in [0.1, 0.15) is 24.0 Å². The van der Waals surface area contributed by atoms with E-state index >= 15 is 0 Å². The Morgan fingerprint density at radius 3 is 2.56 bits per heavy atom. The maximum Gasteiger partial charge on any atom is 0.224 e. The van der Waals surface area contributed by atoms with Crippen LogP contribution in [0.5, 0.6) is 0 Å². The molecule has 4 rings (SSSR count). The van der Waals surface area contributed by atoms with Crippen LogP contribution < -0.4 is 5.32 Å². The summed E-state index contributed by atoms with van der Waals surface area (Å²) in [6.45, 7) is 2.27. The van der Waals surface area contributed by atoms with Gasteiger partial charge in [0, 0.05) is 45.2 Å². The Kier molecular flexibility index (Phi) is 5.19. The third-order valence-electron chi connectivity index (χ3n) is 6.16. The number of rotatable bonds is 4. The Morgan fingerprint density at radius 2 is 1.89 bits per heavy atom. The van der Waals surface area contributed by atoms with E-state index in [2.05, 4.69) is 22.3 Å². The summed E-state index contributed by atoms with van der Waals surface area (Å²) < 4.78 is 5.91. The van der Waals surface area contributed by atoms with Crippen molar-refractivity contribution >= 4 is 11.8 Å². The summed E-state index contributed by atoms with van der Waals surface area (Å²) in [4.78, 5) is 28.7. The summed E-state index contributed by atoms with van der Waals surface area (Å²) in [5.74, 6) is 0.335. The molecule has 2 aliphatic heterocycles. The maximum atomic E-state index is 12.7. The van der Waals surface area contributed by atoms with Crippen molar-refractivity contribution in [2.75, 3.05) is 33.8 Å². The SMILES string of the molecule is CN(C)C(=O)C[C@H]1CN2C[C@H](NC(=O)C3Cc4ccccc4C3)C[C@H]2CO1. The van der Waals surface area contributed by atoms with Crippen molar-refractivity contribution < 1.29 is 14.3 Å². The molecule has 6 nitrogen and oxygen atoms in total. The lowest BCUT2D eigenvalue weighted by Crippen LogP contribution is -2.47. The second kappa shape index (κ2) is 7.60. The molecule has 2 saturated heterocycles. The molecule has 1 N–H and O–H groups in total. The molecule has 0 unspecified atom stereocenters. The molecule has 1 aliphatic carbocycles. The van der Waals surface area contributed by atoms with Gasteiger partial charge in [-0.15, -0.1) is 0 Å². The van der Waals surface area contributed by atoms with Gasteiger partial charge in [-0.2, -0.15) is 0 Å². The maximum absolute atomic E-state index is 12.7. The lowest BCUT2D eigenvalue weighted by Gasteiger charge is -2.35. The minimum absolute atomic E-state index is 0.0464. The number of ether oxygens (including phenoxy) is 1. The second-order valence-corrected chi connectivity index (χ2v) is 8.37. The second-order valence-electron chi connectivity index (χ2n) is 8.37. The van der Waals surface area contributed by atoms with Crippen molar-refractivity contribution in [3.63, 3.8) is 0 Å². The number of fused-ring (bicyclic) bond motifs is 2. The highest BCUT2D eigenvalue weighted by molar-refractivity contribution is 5.80. The van der Waals surface area contributed by atoms with E-state index in [1.165, 1.54) is 11.1 Å². The molecule has 2 heterocycles. The van der Waals surface area contributed by atoms with Gasteiger partial charge in [0.15, 0.2) is 0 Å². The number of carbonyl (C=O) groups excluding carboxylic acids is 2. The first-order valence-corrected chi connectivity index (χ1v) is 9.92. The van der Waals surface area contributed by atoms with Crippen molar-refractivity contribution in [2.24, 2.45) is 5.92 Å². The van der Waals surface area contributed by atoms with Gasteiger partial charge in [0.1, 0.15) is 0 Å². The molecule has 0 spiro atoms. The number of benzene rings is 1. The molecule has 0 radical (unpaired) electrons. The quantitative estimate of drug-likeness (QED) is 0.852. The van der Waals surface area contributed by atoms with E-state index in [-0.39, 0.29) is 29.9 Å². The van der Waals surface area contributed by atoms with E-state index in [4.69, 9.17) is 4.74 Å². The highest BCUT2D eigenvalue weighted by Crippen LogP contribution is 2.28. The zero-order valence-corrected chi connectivity index (χ0v) is 16.2. The topological polar surface area (TPSA) is 61.9 Å². The van der Waals surface area contributed by atoms with E-state index in [1.54, 1.807) is 19.0 Å². The Bertz CT molecular complexity index is 695. The molecule has 1 aromatic carbocycles. The number of morpholine rings is 1. The molecule has 6 heteroatoms. The summed E-state index contributed by atoms with van der Waals surface area (Å²) in [6, 6.07) is 8.88. The van der Waals surface area contributed by atoms with Crippen molar-refractivity contribution in [2.45, 2.75) is 43.9 Å². The first-order chi connectivity index (χ1) is 13.0. The molecule has 3 aliphatic rings. The third-order valence-corrected chi connectivity index (χ3v) is 6.16. The van der Waals surface area contributed by atoms with Gasteiger partial charge in [-0.05, 0) is 30.4 Å². The summed E-state index contributed by atoms with van der Waals surface area (Å²) in [5, 5.41) is 3.27. The molecule has 2 amide bonds. The molecule has 1 aromatic rings. The number of nitrogens with one attached hydrogen (secondary N) is 1. The fourth-order valence-corrected chi connectivity index (χ4v) is 4.61. The zero-order valence-electron chi connectivity index (χ0n) is 16.2. The van der Waals surface area contributed by atoms with E-state index < -0.39 is 0 Å². The number of nitrogens with zero attached hydrogens (tertiary/aromatic N) is 2. The predicted molar refractivity (Wildman–Crippen MR) is 102 cm³/mol. The highest BCUT2D eigenvalue weighted by atomic mass is 16.5. The molecule has 0 aromatic heterocycles. The highest BCUT2D eigenvalue weighted by Gasteiger charge is 2.39. The van der Waals surface area contributed by atoms with Crippen LogP contribution in [-0.2, 0) is 27.2 Å². The molecular formula is C21H29N3O3. The van der Waals surface area contributed by atoms with Crippen molar-refractivity contribution in [3.05, 3.63) is 35.4 Å². The van der Waals surface area contributed by atoms with Crippen LogP contribution in [0.4, 0.5) is 0 Å². The number of hydrogen-bond donors (Lipinski definition) is 1. The molecule has 27 heavy (non-hydrogen) atoms. The van der Waals surface area contributed by atoms with Crippen molar-refractivity contribution in [1.82, 2.24) is 15.1 Å².